The van der Waals surface area contributed by atoms with E-state index in [1.807, 2.05) is 31.2 Å². The van der Waals surface area contributed by atoms with Crippen LogP contribution in [0.15, 0.2) is 30.3 Å². The molecular formula is C20H28N2O2. The van der Waals surface area contributed by atoms with Crippen molar-refractivity contribution in [3.63, 3.8) is 0 Å². The van der Waals surface area contributed by atoms with E-state index in [2.05, 4.69) is 43.6 Å². The lowest BCUT2D eigenvalue weighted by molar-refractivity contribution is -0.120. The van der Waals surface area contributed by atoms with Crippen LogP contribution in [0.4, 0.5) is 0 Å². The van der Waals surface area contributed by atoms with Gasteiger partial charge in [-0.25, -0.2) is 0 Å². The number of carbonyl (C=O) groups excluding carboxylic acids is 1. The average Bonchev–Trinajstić information content (AvgIpc) is 2.81. The van der Waals surface area contributed by atoms with Crippen molar-refractivity contribution in [2.75, 3.05) is 6.61 Å². The summed E-state index contributed by atoms with van der Waals surface area (Å²) in [5.74, 6) is 0.872. The zero-order valence-corrected chi connectivity index (χ0v) is 15.3. The molecule has 1 amide bonds. The number of aryl methyl sites for hydroxylation is 1. The second-order valence-corrected chi connectivity index (χ2v) is 6.39. The molecule has 0 aliphatic rings. The highest BCUT2D eigenvalue weighted by Gasteiger charge is 2.12. The summed E-state index contributed by atoms with van der Waals surface area (Å²) in [6.07, 6.45) is 0.384. The van der Waals surface area contributed by atoms with E-state index in [1.165, 1.54) is 17.0 Å². The van der Waals surface area contributed by atoms with E-state index >= 15 is 0 Å². The van der Waals surface area contributed by atoms with Crippen molar-refractivity contribution in [2.24, 2.45) is 0 Å². The first-order valence-electron chi connectivity index (χ1n) is 8.58. The molecule has 0 spiro atoms. The van der Waals surface area contributed by atoms with Crippen LogP contribution in [0.2, 0.25) is 0 Å². The summed E-state index contributed by atoms with van der Waals surface area (Å²) < 4.78 is 7.71. The number of benzene rings is 1. The first-order chi connectivity index (χ1) is 11.4. The Morgan fingerprint density at radius 1 is 1.21 bits per heavy atom. The Morgan fingerprint density at radius 3 is 2.42 bits per heavy atom. The molecule has 0 radical (unpaired) electrons. The molecule has 0 saturated carbocycles. The van der Waals surface area contributed by atoms with Gasteiger partial charge >= 0.3 is 0 Å². The lowest BCUT2D eigenvalue weighted by Crippen LogP contribution is -2.24. The predicted octanol–water partition coefficient (Wildman–Crippen LogP) is 3.94. The van der Waals surface area contributed by atoms with Crippen molar-refractivity contribution >= 4 is 5.91 Å². The number of nitrogens with zero attached hydrogens (tertiary/aromatic N) is 1. The van der Waals surface area contributed by atoms with E-state index in [1.54, 1.807) is 0 Å². The number of amides is 1. The third-order valence-electron chi connectivity index (χ3n) is 4.18. The molecule has 130 valence electrons. The van der Waals surface area contributed by atoms with Crippen LogP contribution in [0.1, 0.15) is 49.3 Å². The van der Waals surface area contributed by atoms with Crippen molar-refractivity contribution < 1.29 is 9.53 Å². The highest BCUT2D eigenvalue weighted by atomic mass is 16.5. The van der Waals surface area contributed by atoms with Gasteiger partial charge in [-0.05, 0) is 63.9 Å². The van der Waals surface area contributed by atoms with Crippen LogP contribution in [0, 0.1) is 13.8 Å². The van der Waals surface area contributed by atoms with E-state index < -0.39 is 0 Å². The maximum atomic E-state index is 12.2. The molecule has 1 heterocycles. The lowest BCUT2D eigenvalue weighted by atomic mass is 10.1. The Labute approximate surface area is 144 Å². The molecule has 4 heteroatoms. The van der Waals surface area contributed by atoms with Crippen LogP contribution < -0.4 is 10.1 Å². The minimum Gasteiger partial charge on any atom is -0.494 e. The third-order valence-corrected chi connectivity index (χ3v) is 4.18. The van der Waals surface area contributed by atoms with Gasteiger partial charge in [0.2, 0.25) is 5.91 Å². The third kappa shape index (κ3) is 4.40. The zero-order valence-electron chi connectivity index (χ0n) is 15.3. The van der Waals surface area contributed by atoms with Crippen molar-refractivity contribution in [3.8, 4) is 5.75 Å². The summed E-state index contributed by atoms with van der Waals surface area (Å²) in [5.41, 5.74) is 4.63. The van der Waals surface area contributed by atoms with E-state index in [0.29, 0.717) is 25.6 Å². The largest absolute Gasteiger partial charge is 0.494 e. The van der Waals surface area contributed by atoms with Crippen molar-refractivity contribution in [3.05, 3.63) is 52.8 Å². The van der Waals surface area contributed by atoms with Gasteiger partial charge in [-0.1, -0.05) is 12.1 Å². The van der Waals surface area contributed by atoms with Gasteiger partial charge in [0.25, 0.3) is 0 Å². The fourth-order valence-corrected chi connectivity index (χ4v) is 3.13. The molecule has 0 atom stereocenters. The Balaban J connectivity index is 1.92. The molecule has 0 aliphatic carbocycles. The van der Waals surface area contributed by atoms with Gasteiger partial charge in [0.05, 0.1) is 13.0 Å². The SMILES string of the molecule is CCOc1ccc(CC(=O)NCc2cc(C)n(C(C)C)c2C)cc1. The second-order valence-electron chi connectivity index (χ2n) is 6.39. The van der Waals surface area contributed by atoms with Gasteiger partial charge in [0, 0.05) is 24.0 Å². The molecule has 0 unspecified atom stereocenters. The maximum Gasteiger partial charge on any atom is 0.224 e. The molecule has 1 N–H and O–H groups in total. The monoisotopic (exact) mass is 328 g/mol. The first kappa shape index (κ1) is 18.1. The van der Waals surface area contributed by atoms with Crippen LogP contribution in [0.25, 0.3) is 0 Å². The quantitative estimate of drug-likeness (QED) is 0.836. The summed E-state index contributed by atoms with van der Waals surface area (Å²) in [4.78, 5) is 12.2. The predicted molar refractivity (Wildman–Crippen MR) is 97.5 cm³/mol. The van der Waals surface area contributed by atoms with Crippen molar-refractivity contribution in [1.29, 1.82) is 0 Å². The highest BCUT2D eigenvalue weighted by molar-refractivity contribution is 5.78. The summed E-state index contributed by atoms with van der Waals surface area (Å²) in [6, 6.07) is 10.3. The van der Waals surface area contributed by atoms with Crippen molar-refractivity contribution in [1.82, 2.24) is 9.88 Å². The molecule has 0 fully saturated rings. The minimum absolute atomic E-state index is 0.0357. The van der Waals surface area contributed by atoms with Gasteiger partial charge in [-0.2, -0.15) is 0 Å². The smallest absolute Gasteiger partial charge is 0.224 e. The van der Waals surface area contributed by atoms with Crippen LogP contribution >= 0.6 is 0 Å². The number of hydrogen-bond donors (Lipinski definition) is 1. The molecule has 0 bridgehead atoms. The summed E-state index contributed by atoms with van der Waals surface area (Å²) in [5, 5.41) is 3.02. The number of ether oxygens (including phenoxy) is 1. The van der Waals surface area contributed by atoms with Gasteiger partial charge in [-0.15, -0.1) is 0 Å². The summed E-state index contributed by atoms with van der Waals surface area (Å²) in [6.45, 7) is 11.7. The second kappa shape index (κ2) is 8.04. The summed E-state index contributed by atoms with van der Waals surface area (Å²) >= 11 is 0. The molecule has 1 aromatic carbocycles. The Morgan fingerprint density at radius 2 is 1.88 bits per heavy atom. The van der Waals surface area contributed by atoms with Crippen LogP contribution in [-0.2, 0) is 17.8 Å². The van der Waals surface area contributed by atoms with E-state index in [9.17, 15) is 4.79 Å². The van der Waals surface area contributed by atoms with Gasteiger partial charge in [0.15, 0.2) is 0 Å². The van der Waals surface area contributed by atoms with Gasteiger partial charge in [0.1, 0.15) is 5.75 Å². The normalized spacial score (nSPS) is 10.9. The first-order valence-corrected chi connectivity index (χ1v) is 8.58. The standard InChI is InChI=1S/C20H28N2O2/c1-6-24-19-9-7-17(8-10-19)12-20(23)21-13-18-11-15(4)22(14(2)3)16(18)5/h7-11,14H,6,12-13H2,1-5H3,(H,21,23). The Kier molecular flexibility index (Phi) is 6.07. The van der Waals surface area contributed by atoms with Gasteiger partial charge in [-0.3, -0.25) is 4.79 Å². The molecular weight excluding hydrogens is 300 g/mol. The van der Waals surface area contributed by atoms with Crippen LogP contribution in [-0.4, -0.2) is 17.1 Å². The minimum atomic E-state index is 0.0357. The Bertz CT molecular complexity index is 684. The Hall–Kier alpha value is -2.23. The van der Waals surface area contributed by atoms with E-state index in [-0.39, 0.29) is 5.91 Å². The van der Waals surface area contributed by atoms with Crippen LogP contribution in [0.3, 0.4) is 0 Å². The van der Waals surface area contributed by atoms with E-state index in [0.717, 1.165) is 11.3 Å². The fourth-order valence-electron chi connectivity index (χ4n) is 3.13. The number of aromatic nitrogens is 1. The summed E-state index contributed by atoms with van der Waals surface area (Å²) in [7, 11) is 0. The molecule has 0 aliphatic heterocycles. The number of carbonyl (C=O) groups is 1. The number of hydrogen-bond acceptors (Lipinski definition) is 2. The number of nitrogens with one attached hydrogen (secondary N) is 1. The fraction of sp³-hybridized carbons (Fsp3) is 0.450. The molecule has 1 aromatic heterocycles. The van der Waals surface area contributed by atoms with Crippen LogP contribution in [0.5, 0.6) is 5.75 Å². The van der Waals surface area contributed by atoms with Gasteiger partial charge < -0.3 is 14.6 Å². The lowest BCUT2D eigenvalue weighted by Gasteiger charge is -2.14. The highest BCUT2D eigenvalue weighted by Crippen LogP contribution is 2.20. The number of rotatable bonds is 7. The maximum absolute atomic E-state index is 12.2. The molecule has 4 nitrogen and oxygen atoms in total. The average molecular weight is 328 g/mol. The van der Waals surface area contributed by atoms with E-state index in [4.69, 9.17) is 4.74 Å². The molecule has 2 rings (SSSR count). The molecule has 0 saturated heterocycles. The van der Waals surface area contributed by atoms with Crippen molar-refractivity contribution in [2.45, 2.75) is 53.6 Å². The zero-order chi connectivity index (χ0) is 17.7. The molecule has 24 heavy (non-hydrogen) atoms. The topological polar surface area (TPSA) is 43.3 Å². The molecule has 2 aromatic rings.